The molecule has 1 N–H and O–H groups in total. The molecule has 0 atom stereocenters. The molecule has 0 aliphatic carbocycles. The number of nitrogens with one attached hydrogen (secondary N) is 1. The Hall–Kier alpha value is -1.55. The van der Waals surface area contributed by atoms with Crippen LogP contribution in [0.2, 0.25) is 0 Å². The first-order valence-corrected chi connectivity index (χ1v) is 5.91. The minimum atomic E-state index is -0.0881. The summed E-state index contributed by atoms with van der Waals surface area (Å²) < 4.78 is 0. The van der Waals surface area contributed by atoms with E-state index in [-0.39, 0.29) is 5.56 Å². The van der Waals surface area contributed by atoms with E-state index in [0.717, 1.165) is 16.8 Å². The van der Waals surface area contributed by atoms with Gasteiger partial charge in [0.05, 0.1) is 10.9 Å². The average molecular weight is 232 g/mol. The van der Waals surface area contributed by atoms with Crippen LogP contribution in [0.25, 0.3) is 10.9 Å². The van der Waals surface area contributed by atoms with E-state index in [1.807, 2.05) is 25.1 Å². The maximum atomic E-state index is 11.7. The third-order valence-corrected chi connectivity index (χ3v) is 3.15. The molecular weight excluding hydrogens is 220 g/mol. The van der Waals surface area contributed by atoms with Crippen molar-refractivity contribution in [2.24, 2.45) is 0 Å². The van der Waals surface area contributed by atoms with Gasteiger partial charge in [0, 0.05) is 5.75 Å². The summed E-state index contributed by atoms with van der Waals surface area (Å²) in [5.41, 5.74) is 1.70. The molecule has 1 heterocycles. The summed E-state index contributed by atoms with van der Waals surface area (Å²) in [5.74, 6) is 0.765. The highest BCUT2D eigenvalue weighted by Crippen LogP contribution is 2.16. The molecule has 0 saturated carbocycles. The summed E-state index contributed by atoms with van der Waals surface area (Å²) in [6, 6.07) is 7.33. The summed E-state index contributed by atoms with van der Waals surface area (Å²) in [6.07, 6.45) is 0. The van der Waals surface area contributed by atoms with Crippen LogP contribution >= 0.6 is 11.8 Å². The summed E-state index contributed by atoms with van der Waals surface area (Å²) >= 11 is 1.49. The van der Waals surface area contributed by atoms with Crippen LogP contribution in [0.1, 0.15) is 6.92 Å². The lowest BCUT2D eigenvalue weighted by Crippen LogP contribution is -2.09. The van der Waals surface area contributed by atoms with Crippen LogP contribution in [0.15, 0.2) is 46.4 Å². The summed E-state index contributed by atoms with van der Waals surface area (Å²) in [5, 5.41) is 1.27. The zero-order chi connectivity index (χ0) is 11.5. The van der Waals surface area contributed by atoms with E-state index in [4.69, 9.17) is 0 Å². The van der Waals surface area contributed by atoms with Crippen molar-refractivity contribution in [1.29, 1.82) is 0 Å². The molecule has 0 amide bonds. The molecule has 0 bridgehead atoms. The first-order valence-electron chi connectivity index (χ1n) is 4.93. The van der Waals surface area contributed by atoms with Crippen LogP contribution in [0.5, 0.6) is 0 Å². The molecule has 0 aliphatic rings. The fourth-order valence-corrected chi connectivity index (χ4v) is 2.04. The SMILES string of the molecule is C=C(C)CSc1nc2ccccc2c(=O)[nH]1. The van der Waals surface area contributed by atoms with Crippen molar-refractivity contribution < 1.29 is 0 Å². The van der Waals surface area contributed by atoms with Crippen molar-refractivity contribution in [3.05, 3.63) is 46.8 Å². The van der Waals surface area contributed by atoms with E-state index in [9.17, 15) is 4.79 Å². The number of aromatic nitrogens is 2. The molecule has 4 heteroatoms. The summed E-state index contributed by atoms with van der Waals surface area (Å²) in [6.45, 7) is 5.76. The second kappa shape index (κ2) is 4.53. The van der Waals surface area contributed by atoms with E-state index in [1.54, 1.807) is 6.07 Å². The zero-order valence-electron chi connectivity index (χ0n) is 8.99. The number of aromatic amines is 1. The lowest BCUT2D eigenvalue weighted by atomic mass is 10.2. The maximum Gasteiger partial charge on any atom is 0.259 e. The Morgan fingerprint density at radius 1 is 1.50 bits per heavy atom. The number of para-hydroxylation sites is 1. The highest BCUT2D eigenvalue weighted by Gasteiger charge is 2.03. The molecule has 16 heavy (non-hydrogen) atoms. The third-order valence-electron chi connectivity index (χ3n) is 2.05. The number of hydrogen-bond acceptors (Lipinski definition) is 3. The molecular formula is C12H12N2OS. The molecule has 0 spiro atoms. The molecule has 82 valence electrons. The third kappa shape index (κ3) is 2.33. The maximum absolute atomic E-state index is 11.7. The van der Waals surface area contributed by atoms with Gasteiger partial charge in [0.15, 0.2) is 5.16 Å². The monoisotopic (exact) mass is 232 g/mol. The van der Waals surface area contributed by atoms with Gasteiger partial charge in [0.25, 0.3) is 5.56 Å². The number of hydrogen-bond donors (Lipinski definition) is 1. The van der Waals surface area contributed by atoms with E-state index in [0.29, 0.717) is 10.5 Å². The average Bonchev–Trinajstić information content (AvgIpc) is 2.26. The molecule has 0 fully saturated rings. The number of nitrogens with zero attached hydrogens (tertiary/aromatic N) is 1. The zero-order valence-corrected chi connectivity index (χ0v) is 9.80. The fourth-order valence-electron chi connectivity index (χ4n) is 1.32. The van der Waals surface area contributed by atoms with Gasteiger partial charge in [-0.05, 0) is 19.1 Å². The highest BCUT2D eigenvalue weighted by atomic mass is 32.2. The Bertz CT molecular complexity index is 589. The van der Waals surface area contributed by atoms with Gasteiger partial charge in [-0.1, -0.05) is 36.0 Å². The lowest BCUT2D eigenvalue weighted by Gasteiger charge is -2.01. The molecule has 1 aromatic carbocycles. The lowest BCUT2D eigenvalue weighted by molar-refractivity contribution is 0.975. The van der Waals surface area contributed by atoms with Gasteiger partial charge in [0.1, 0.15) is 0 Å². The Balaban J connectivity index is 2.42. The molecule has 2 rings (SSSR count). The van der Waals surface area contributed by atoms with Gasteiger partial charge >= 0.3 is 0 Å². The summed E-state index contributed by atoms with van der Waals surface area (Å²) in [7, 11) is 0. The smallest absolute Gasteiger partial charge is 0.259 e. The molecule has 2 aromatic rings. The molecule has 0 unspecified atom stereocenters. The van der Waals surface area contributed by atoms with Crippen LogP contribution in [0.4, 0.5) is 0 Å². The summed E-state index contributed by atoms with van der Waals surface area (Å²) in [4.78, 5) is 18.8. The van der Waals surface area contributed by atoms with E-state index in [1.165, 1.54) is 11.8 Å². The Morgan fingerprint density at radius 3 is 3.00 bits per heavy atom. The van der Waals surface area contributed by atoms with Gasteiger partial charge in [-0.25, -0.2) is 4.98 Å². The van der Waals surface area contributed by atoms with Gasteiger partial charge in [-0.3, -0.25) is 4.79 Å². The number of H-pyrrole nitrogens is 1. The molecule has 0 saturated heterocycles. The first-order chi connectivity index (χ1) is 7.66. The van der Waals surface area contributed by atoms with Crippen molar-refractivity contribution in [2.45, 2.75) is 12.1 Å². The molecule has 3 nitrogen and oxygen atoms in total. The van der Waals surface area contributed by atoms with Crippen molar-refractivity contribution >= 4 is 22.7 Å². The number of benzene rings is 1. The van der Waals surface area contributed by atoms with Gasteiger partial charge in [-0.2, -0.15) is 0 Å². The minimum Gasteiger partial charge on any atom is -0.301 e. The van der Waals surface area contributed by atoms with Gasteiger partial charge < -0.3 is 4.98 Å². The fraction of sp³-hybridized carbons (Fsp3) is 0.167. The van der Waals surface area contributed by atoms with Crippen molar-refractivity contribution in [1.82, 2.24) is 9.97 Å². The molecule has 1 aromatic heterocycles. The van der Waals surface area contributed by atoms with E-state index < -0.39 is 0 Å². The first kappa shape index (κ1) is 11.0. The van der Waals surface area contributed by atoms with Crippen LogP contribution in [-0.4, -0.2) is 15.7 Å². The van der Waals surface area contributed by atoms with Crippen molar-refractivity contribution in [3.63, 3.8) is 0 Å². The predicted octanol–water partition coefficient (Wildman–Crippen LogP) is 2.59. The van der Waals surface area contributed by atoms with Crippen LogP contribution in [0, 0.1) is 0 Å². The Labute approximate surface area is 97.6 Å². The quantitative estimate of drug-likeness (QED) is 0.502. The predicted molar refractivity (Wildman–Crippen MR) is 67.9 cm³/mol. The standard InChI is InChI=1S/C12H12N2OS/c1-8(2)7-16-12-13-10-6-4-3-5-9(10)11(15)14-12/h3-6H,1,7H2,2H3,(H,13,14,15). The normalized spacial score (nSPS) is 10.6. The highest BCUT2D eigenvalue weighted by molar-refractivity contribution is 7.99. The second-order valence-electron chi connectivity index (χ2n) is 3.63. The van der Waals surface area contributed by atoms with Crippen LogP contribution in [0.3, 0.4) is 0 Å². The van der Waals surface area contributed by atoms with E-state index >= 15 is 0 Å². The number of rotatable bonds is 3. The van der Waals surface area contributed by atoms with E-state index in [2.05, 4.69) is 16.5 Å². The van der Waals surface area contributed by atoms with Crippen molar-refractivity contribution in [3.8, 4) is 0 Å². The Kier molecular flexibility index (Phi) is 3.10. The van der Waals surface area contributed by atoms with Crippen LogP contribution < -0.4 is 5.56 Å². The number of thioether (sulfide) groups is 1. The van der Waals surface area contributed by atoms with Crippen LogP contribution in [-0.2, 0) is 0 Å². The van der Waals surface area contributed by atoms with Crippen molar-refractivity contribution in [2.75, 3.05) is 5.75 Å². The van der Waals surface area contributed by atoms with Gasteiger partial charge in [0.2, 0.25) is 0 Å². The second-order valence-corrected chi connectivity index (χ2v) is 4.60. The molecule has 0 radical (unpaired) electrons. The van der Waals surface area contributed by atoms with Gasteiger partial charge in [-0.15, -0.1) is 0 Å². The Morgan fingerprint density at radius 2 is 2.25 bits per heavy atom. The minimum absolute atomic E-state index is 0.0881. The largest absolute Gasteiger partial charge is 0.301 e. The molecule has 0 aliphatic heterocycles. The topological polar surface area (TPSA) is 45.8 Å². The number of fused-ring (bicyclic) bond motifs is 1.